The molecule has 2 aromatic heterocycles. The Kier molecular flexibility index (Phi) is 6.16. The fourth-order valence-electron chi connectivity index (χ4n) is 3.56. The van der Waals surface area contributed by atoms with Gasteiger partial charge in [0, 0.05) is 25.2 Å². The van der Waals surface area contributed by atoms with Crippen molar-refractivity contribution in [2.75, 3.05) is 6.61 Å². The lowest BCUT2D eigenvalue weighted by Crippen LogP contribution is -2.39. The van der Waals surface area contributed by atoms with Gasteiger partial charge in [0.25, 0.3) is 5.56 Å². The van der Waals surface area contributed by atoms with Crippen molar-refractivity contribution in [3.8, 4) is 11.8 Å². The van der Waals surface area contributed by atoms with Gasteiger partial charge in [0.2, 0.25) is 0 Å². The second-order valence-electron chi connectivity index (χ2n) is 7.57. The smallest absolute Gasteiger partial charge is 0.332 e. The zero-order chi connectivity index (χ0) is 22.8. The molecule has 166 valence electrons. The quantitative estimate of drug-likeness (QED) is 0.463. The highest BCUT2D eigenvalue weighted by molar-refractivity contribution is 6.30. The van der Waals surface area contributed by atoms with E-state index < -0.39 is 11.2 Å². The highest BCUT2D eigenvalue weighted by Gasteiger charge is 2.22. The maximum absolute atomic E-state index is 13.3. The van der Waals surface area contributed by atoms with Crippen LogP contribution in [0.15, 0.2) is 58.1 Å². The molecule has 0 radical (unpaired) electrons. The van der Waals surface area contributed by atoms with Crippen LogP contribution in [0.4, 0.5) is 0 Å². The van der Waals surface area contributed by atoms with E-state index >= 15 is 0 Å². The Morgan fingerprint density at radius 1 is 1.09 bits per heavy atom. The molecular formula is C23H23ClN4O4. The predicted molar refractivity (Wildman–Crippen MR) is 123 cm³/mol. The lowest BCUT2D eigenvalue weighted by atomic mass is 10.2. The molecule has 0 saturated heterocycles. The van der Waals surface area contributed by atoms with Crippen molar-refractivity contribution in [2.24, 2.45) is 7.05 Å². The Labute approximate surface area is 188 Å². The minimum absolute atomic E-state index is 0.109. The fourth-order valence-corrected chi connectivity index (χ4v) is 3.68. The summed E-state index contributed by atoms with van der Waals surface area (Å²) in [6, 6.07) is 14.9. The minimum atomic E-state index is -0.491. The predicted octanol–water partition coefficient (Wildman–Crippen LogP) is 3.08. The lowest BCUT2D eigenvalue weighted by molar-refractivity contribution is 0.277. The summed E-state index contributed by atoms with van der Waals surface area (Å²) in [5, 5.41) is 9.79. The molecule has 0 aliphatic carbocycles. The van der Waals surface area contributed by atoms with Gasteiger partial charge in [-0.2, -0.15) is 4.98 Å². The van der Waals surface area contributed by atoms with Crippen LogP contribution in [-0.4, -0.2) is 30.4 Å². The Hall–Kier alpha value is -3.36. The number of halogens is 1. The summed E-state index contributed by atoms with van der Waals surface area (Å²) in [5.74, 6) is 0.572. The van der Waals surface area contributed by atoms with Crippen molar-refractivity contribution >= 4 is 22.8 Å². The second-order valence-corrected chi connectivity index (χ2v) is 8.01. The number of aromatic nitrogens is 4. The van der Waals surface area contributed by atoms with Gasteiger partial charge in [0.05, 0.1) is 6.54 Å². The molecule has 0 aliphatic heterocycles. The molecule has 9 heteroatoms. The van der Waals surface area contributed by atoms with Gasteiger partial charge < -0.3 is 9.84 Å². The van der Waals surface area contributed by atoms with Gasteiger partial charge in [-0.15, -0.1) is 0 Å². The van der Waals surface area contributed by atoms with Crippen molar-refractivity contribution in [1.82, 2.24) is 18.7 Å². The molecule has 4 aromatic rings. The first-order valence-corrected chi connectivity index (χ1v) is 10.6. The Morgan fingerprint density at radius 2 is 1.84 bits per heavy atom. The van der Waals surface area contributed by atoms with Crippen LogP contribution < -0.4 is 16.0 Å². The number of nitrogens with zero attached hydrogens (tertiary/aromatic N) is 4. The SMILES string of the molecule is Cc1cccc(Oc2nc3c(c(=O)n(CCCO)c(=O)n3C)n2Cc2ccc(Cl)cc2)c1. The van der Waals surface area contributed by atoms with Crippen LogP contribution in [0, 0.1) is 6.92 Å². The van der Waals surface area contributed by atoms with E-state index in [2.05, 4.69) is 4.98 Å². The van der Waals surface area contributed by atoms with Crippen molar-refractivity contribution in [3.63, 3.8) is 0 Å². The van der Waals surface area contributed by atoms with Gasteiger partial charge in [-0.1, -0.05) is 35.9 Å². The summed E-state index contributed by atoms with van der Waals surface area (Å²) in [6.45, 7) is 2.23. The zero-order valence-corrected chi connectivity index (χ0v) is 18.5. The molecule has 0 bridgehead atoms. The number of ether oxygens (including phenoxy) is 1. The number of aliphatic hydroxyl groups is 1. The van der Waals surface area contributed by atoms with E-state index in [-0.39, 0.29) is 30.3 Å². The van der Waals surface area contributed by atoms with E-state index in [0.29, 0.717) is 23.7 Å². The molecule has 0 aliphatic rings. The maximum Gasteiger partial charge on any atom is 0.332 e. The molecule has 0 saturated carbocycles. The number of fused-ring (bicyclic) bond motifs is 1. The summed E-state index contributed by atoms with van der Waals surface area (Å²) in [5.41, 5.74) is 1.42. The first kappa shape index (κ1) is 21.9. The van der Waals surface area contributed by atoms with Crippen molar-refractivity contribution < 1.29 is 9.84 Å². The van der Waals surface area contributed by atoms with Crippen molar-refractivity contribution in [1.29, 1.82) is 0 Å². The zero-order valence-electron chi connectivity index (χ0n) is 17.8. The van der Waals surface area contributed by atoms with Crippen LogP contribution >= 0.6 is 11.6 Å². The number of imidazole rings is 1. The number of benzene rings is 2. The molecule has 4 rings (SSSR count). The standard InChI is InChI=1S/C23H23ClN4O4/c1-15-5-3-6-18(13-15)32-22-25-20-19(28(22)14-16-7-9-17(24)10-8-16)21(30)27(11-4-12-29)23(31)26(20)2/h3,5-10,13,29H,4,11-12,14H2,1-2H3. The molecule has 0 atom stereocenters. The van der Waals surface area contributed by atoms with Gasteiger partial charge in [-0.05, 0) is 48.7 Å². The van der Waals surface area contributed by atoms with E-state index in [1.165, 1.54) is 4.57 Å². The van der Waals surface area contributed by atoms with E-state index in [9.17, 15) is 14.7 Å². The summed E-state index contributed by atoms with van der Waals surface area (Å²) in [4.78, 5) is 30.6. The number of hydrogen-bond donors (Lipinski definition) is 1. The maximum atomic E-state index is 13.3. The summed E-state index contributed by atoms with van der Waals surface area (Å²) >= 11 is 6.02. The van der Waals surface area contributed by atoms with Crippen molar-refractivity contribution in [2.45, 2.75) is 26.4 Å². The van der Waals surface area contributed by atoms with Crippen LogP contribution in [0.3, 0.4) is 0 Å². The molecule has 1 N–H and O–H groups in total. The molecular weight excluding hydrogens is 432 g/mol. The normalized spacial score (nSPS) is 11.2. The van der Waals surface area contributed by atoms with E-state index in [1.54, 1.807) is 29.8 Å². The third-order valence-corrected chi connectivity index (χ3v) is 5.44. The number of aliphatic hydroxyl groups excluding tert-OH is 1. The Bertz CT molecular complexity index is 1390. The van der Waals surface area contributed by atoms with Crippen molar-refractivity contribution in [3.05, 3.63) is 85.5 Å². The van der Waals surface area contributed by atoms with Crippen LogP contribution in [0.5, 0.6) is 11.8 Å². The topological polar surface area (TPSA) is 91.3 Å². The molecule has 8 nitrogen and oxygen atoms in total. The monoisotopic (exact) mass is 454 g/mol. The van der Waals surface area contributed by atoms with Crippen LogP contribution in [0.2, 0.25) is 5.02 Å². The van der Waals surface area contributed by atoms with Gasteiger partial charge in [0.1, 0.15) is 5.75 Å². The number of aryl methyl sites for hydroxylation is 2. The first-order chi connectivity index (χ1) is 15.4. The van der Waals surface area contributed by atoms with Crippen LogP contribution in [-0.2, 0) is 20.1 Å². The van der Waals surface area contributed by atoms with Gasteiger partial charge >= 0.3 is 11.7 Å². The van der Waals surface area contributed by atoms with E-state index in [1.807, 2.05) is 37.3 Å². The molecule has 0 fully saturated rings. The van der Waals surface area contributed by atoms with Gasteiger partial charge in [0.15, 0.2) is 11.2 Å². The second kappa shape index (κ2) is 9.02. The van der Waals surface area contributed by atoms with E-state index in [0.717, 1.165) is 15.7 Å². The minimum Gasteiger partial charge on any atom is -0.425 e. The number of rotatable bonds is 7. The largest absolute Gasteiger partial charge is 0.425 e. The summed E-state index contributed by atoms with van der Waals surface area (Å²) < 4.78 is 10.2. The Balaban J connectivity index is 1.93. The fraction of sp³-hybridized carbons (Fsp3) is 0.261. The summed E-state index contributed by atoms with van der Waals surface area (Å²) in [6.07, 6.45) is 0.290. The third kappa shape index (κ3) is 4.19. The lowest BCUT2D eigenvalue weighted by Gasteiger charge is -2.11. The highest BCUT2D eigenvalue weighted by Crippen LogP contribution is 2.26. The van der Waals surface area contributed by atoms with Crippen LogP contribution in [0.1, 0.15) is 17.5 Å². The average molecular weight is 455 g/mol. The molecule has 0 unspecified atom stereocenters. The number of hydrogen-bond acceptors (Lipinski definition) is 5. The molecule has 0 amide bonds. The molecule has 2 aromatic carbocycles. The van der Waals surface area contributed by atoms with Gasteiger partial charge in [-0.25, -0.2) is 4.79 Å². The third-order valence-electron chi connectivity index (χ3n) is 5.19. The average Bonchev–Trinajstić information content (AvgIpc) is 3.12. The Morgan fingerprint density at radius 3 is 2.53 bits per heavy atom. The molecule has 2 heterocycles. The van der Waals surface area contributed by atoms with Gasteiger partial charge in [-0.3, -0.25) is 18.5 Å². The molecule has 32 heavy (non-hydrogen) atoms. The highest BCUT2D eigenvalue weighted by atomic mass is 35.5. The first-order valence-electron chi connectivity index (χ1n) is 10.2. The molecule has 0 spiro atoms. The summed E-state index contributed by atoms with van der Waals surface area (Å²) in [7, 11) is 1.57. The van der Waals surface area contributed by atoms with Crippen LogP contribution in [0.25, 0.3) is 11.2 Å². The van der Waals surface area contributed by atoms with E-state index in [4.69, 9.17) is 16.3 Å².